The minimum Gasteiger partial charge on any atom is -0.317 e. The molecule has 1 fully saturated rings. The number of nitrogens with zero attached hydrogens (tertiary/aromatic N) is 1. The van der Waals surface area contributed by atoms with Crippen molar-refractivity contribution in [3.63, 3.8) is 0 Å². The third-order valence-electron chi connectivity index (χ3n) is 3.33. The fraction of sp³-hybridized carbons (Fsp3) is 0.417. The molecule has 2 amide bonds. The van der Waals surface area contributed by atoms with E-state index in [2.05, 4.69) is 11.4 Å². The zero-order chi connectivity index (χ0) is 10.3. The van der Waals surface area contributed by atoms with Crippen molar-refractivity contribution in [2.45, 2.75) is 25.3 Å². The van der Waals surface area contributed by atoms with E-state index in [1.807, 2.05) is 23.1 Å². The number of benzene rings is 1. The average molecular weight is 202 g/mol. The van der Waals surface area contributed by atoms with Crippen molar-refractivity contribution in [1.82, 2.24) is 4.90 Å². The van der Waals surface area contributed by atoms with Crippen molar-refractivity contribution in [2.24, 2.45) is 0 Å². The fourth-order valence-electron chi connectivity index (χ4n) is 2.59. The maximum absolute atomic E-state index is 11.8. The lowest BCUT2D eigenvalue weighted by molar-refractivity contribution is 0.160. The Morgan fingerprint density at radius 1 is 1.27 bits per heavy atom. The number of nitrogens with one attached hydrogen (secondary N) is 1. The zero-order valence-corrected chi connectivity index (χ0v) is 8.57. The molecule has 3 rings (SSSR count). The van der Waals surface area contributed by atoms with E-state index in [1.165, 1.54) is 12.0 Å². The molecule has 0 aliphatic carbocycles. The van der Waals surface area contributed by atoms with Gasteiger partial charge in [0, 0.05) is 12.2 Å². The molecular formula is C12H14N2O. The minimum absolute atomic E-state index is 0.0680. The molecule has 2 aliphatic rings. The van der Waals surface area contributed by atoms with E-state index < -0.39 is 0 Å². The van der Waals surface area contributed by atoms with Crippen LogP contribution in [0.25, 0.3) is 0 Å². The van der Waals surface area contributed by atoms with Gasteiger partial charge < -0.3 is 10.2 Å². The Kier molecular flexibility index (Phi) is 1.91. The standard InChI is InChI=1S/C12H14N2O/c15-12-13-10-6-2-1-5-9(10)11-7-3-4-8-14(11)12/h1-2,5-6,11H,3-4,7-8H2,(H,13,15)/t11-/m1/s1. The monoisotopic (exact) mass is 202 g/mol. The van der Waals surface area contributed by atoms with Crippen molar-refractivity contribution in [3.05, 3.63) is 29.8 Å². The molecule has 78 valence electrons. The number of urea groups is 1. The first-order valence-electron chi connectivity index (χ1n) is 5.53. The molecule has 0 bridgehead atoms. The van der Waals surface area contributed by atoms with Crippen molar-refractivity contribution in [3.8, 4) is 0 Å². The number of amides is 2. The van der Waals surface area contributed by atoms with Crippen LogP contribution in [0.1, 0.15) is 30.9 Å². The van der Waals surface area contributed by atoms with Crippen LogP contribution in [0.3, 0.4) is 0 Å². The Balaban J connectivity index is 2.06. The molecule has 1 saturated heterocycles. The molecule has 1 atom stereocenters. The molecule has 3 nitrogen and oxygen atoms in total. The van der Waals surface area contributed by atoms with Gasteiger partial charge in [-0.25, -0.2) is 4.79 Å². The van der Waals surface area contributed by atoms with Gasteiger partial charge in [-0.1, -0.05) is 18.2 Å². The van der Waals surface area contributed by atoms with Crippen molar-refractivity contribution in [1.29, 1.82) is 0 Å². The summed E-state index contributed by atoms with van der Waals surface area (Å²) in [7, 11) is 0. The number of carbonyl (C=O) groups is 1. The smallest absolute Gasteiger partial charge is 0.317 e. The number of fused-ring (bicyclic) bond motifs is 3. The highest BCUT2D eigenvalue weighted by Gasteiger charge is 2.33. The largest absolute Gasteiger partial charge is 0.322 e. The van der Waals surface area contributed by atoms with Gasteiger partial charge >= 0.3 is 6.03 Å². The molecule has 0 aromatic heterocycles. The van der Waals surface area contributed by atoms with Crippen LogP contribution in [0, 0.1) is 0 Å². The first-order valence-corrected chi connectivity index (χ1v) is 5.53. The number of anilines is 1. The summed E-state index contributed by atoms with van der Waals surface area (Å²) in [6.45, 7) is 0.894. The van der Waals surface area contributed by atoms with E-state index in [1.54, 1.807) is 0 Å². The number of para-hydroxylation sites is 1. The first kappa shape index (κ1) is 8.77. The highest BCUT2D eigenvalue weighted by molar-refractivity contribution is 5.93. The molecule has 15 heavy (non-hydrogen) atoms. The number of hydrogen-bond acceptors (Lipinski definition) is 1. The van der Waals surface area contributed by atoms with Gasteiger partial charge in [-0.15, -0.1) is 0 Å². The van der Waals surface area contributed by atoms with Crippen LogP contribution in [-0.4, -0.2) is 17.5 Å². The Morgan fingerprint density at radius 2 is 2.13 bits per heavy atom. The second-order valence-electron chi connectivity index (χ2n) is 4.22. The Morgan fingerprint density at radius 3 is 3.07 bits per heavy atom. The molecular weight excluding hydrogens is 188 g/mol. The SMILES string of the molecule is O=C1Nc2ccccc2[C@H]2CCCCN12. The number of carbonyl (C=O) groups excluding carboxylic acids is 1. The lowest BCUT2D eigenvalue weighted by Crippen LogP contribution is -2.44. The first-order chi connectivity index (χ1) is 7.36. The molecule has 1 aromatic carbocycles. The summed E-state index contributed by atoms with van der Waals surface area (Å²) < 4.78 is 0. The van der Waals surface area contributed by atoms with Crippen LogP contribution in [0.15, 0.2) is 24.3 Å². The molecule has 1 aromatic rings. The summed E-state index contributed by atoms with van der Waals surface area (Å²) in [5.74, 6) is 0. The minimum atomic E-state index is 0.0680. The summed E-state index contributed by atoms with van der Waals surface area (Å²) >= 11 is 0. The molecule has 2 aliphatic heterocycles. The third-order valence-corrected chi connectivity index (χ3v) is 3.33. The molecule has 0 spiro atoms. The van der Waals surface area contributed by atoms with Gasteiger partial charge in [-0.3, -0.25) is 0 Å². The summed E-state index contributed by atoms with van der Waals surface area (Å²) in [5.41, 5.74) is 2.27. The molecule has 0 radical (unpaired) electrons. The van der Waals surface area contributed by atoms with Crippen molar-refractivity contribution < 1.29 is 4.79 Å². The number of hydrogen-bond donors (Lipinski definition) is 1. The van der Waals surface area contributed by atoms with Crippen LogP contribution >= 0.6 is 0 Å². The summed E-state index contributed by atoms with van der Waals surface area (Å²) in [6, 6.07) is 8.50. The molecule has 0 unspecified atom stereocenters. The zero-order valence-electron chi connectivity index (χ0n) is 8.57. The summed E-state index contributed by atoms with van der Waals surface area (Å²) in [4.78, 5) is 13.8. The van der Waals surface area contributed by atoms with Gasteiger partial charge in [0.15, 0.2) is 0 Å². The highest BCUT2D eigenvalue weighted by Crippen LogP contribution is 2.38. The molecule has 1 N–H and O–H groups in total. The second kappa shape index (κ2) is 3.26. The van der Waals surface area contributed by atoms with E-state index >= 15 is 0 Å². The van der Waals surface area contributed by atoms with Gasteiger partial charge in [0.2, 0.25) is 0 Å². The quantitative estimate of drug-likeness (QED) is 0.689. The van der Waals surface area contributed by atoms with E-state index in [-0.39, 0.29) is 6.03 Å². The normalized spacial score (nSPS) is 24.1. The number of piperidine rings is 1. The van der Waals surface area contributed by atoms with Crippen LogP contribution in [0.5, 0.6) is 0 Å². The number of rotatable bonds is 0. The Labute approximate surface area is 89.1 Å². The van der Waals surface area contributed by atoms with Gasteiger partial charge in [0.1, 0.15) is 0 Å². The molecule has 3 heteroatoms. The maximum Gasteiger partial charge on any atom is 0.322 e. The lowest BCUT2D eigenvalue weighted by atomic mass is 9.93. The van der Waals surface area contributed by atoms with E-state index in [9.17, 15) is 4.79 Å². The van der Waals surface area contributed by atoms with Crippen molar-refractivity contribution in [2.75, 3.05) is 11.9 Å². The summed E-state index contributed by atoms with van der Waals surface area (Å²) in [6.07, 6.45) is 3.46. The Bertz CT molecular complexity index is 402. The lowest BCUT2D eigenvalue weighted by Gasteiger charge is -2.40. The van der Waals surface area contributed by atoms with Gasteiger partial charge in [-0.05, 0) is 30.9 Å². The van der Waals surface area contributed by atoms with E-state index in [0.29, 0.717) is 6.04 Å². The van der Waals surface area contributed by atoms with E-state index in [4.69, 9.17) is 0 Å². The van der Waals surface area contributed by atoms with Crippen LogP contribution in [0.4, 0.5) is 10.5 Å². The van der Waals surface area contributed by atoms with Gasteiger partial charge in [0.25, 0.3) is 0 Å². The topological polar surface area (TPSA) is 32.3 Å². The van der Waals surface area contributed by atoms with Crippen LogP contribution < -0.4 is 5.32 Å². The van der Waals surface area contributed by atoms with Crippen LogP contribution in [-0.2, 0) is 0 Å². The fourth-order valence-corrected chi connectivity index (χ4v) is 2.59. The average Bonchev–Trinajstić information content (AvgIpc) is 2.30. The summed E-state index contributed by atoms with van der Waals surface area (Å²) in [5, 5.41) is 2.95. The third kappa shape index (κ3) is 1.30. The predicted octanol–water partition coefficient (Wildman–Crippen LogP) is 2.76. The molecule has 0 saturated carbocycles. The Hall–Kier alpha value is -1.51. The van der Waals surface area contributed by atoms with Gasteiger partial charge in [-0.2, -0.15) is 0 Å². The van der Waals surface area contributed by atoms with E-state index in [0.717, 1.165) is 25.1 Å². The second-order valence-corrected chi connectivity index (χ2v) is 4.22. The highest BCUT2D eigenvalue weighted by atomic mass is 16.2. The maximum atomic E-state index is 11.8. The van der Waals surface area contributed by atoms with Gasteiger partial charge in [0.05, 0.1) is 6.04 Å². The molecule has 2 heterocycles. The van der Waals surface area contributed by atoms with Crippen LogP contribution in [0.2, 0.25) is 0 Å². The van der Waals surface area contributed by atoms with Crippen molar-refractivity contribution >= 4 is 11.7 Å². The predicted molar refractivity (Wildman–Crippen MR) is 58.8 cm³/mol.